The lowest BCUT2D eigenvalue weighted by molar-refractivity contribution is 0.0846. The first-order valence-corrected chi connectivity index (χ1v) is 7.40. The van der Waals surface area contributed by atoms with Crippen LogP contribution in [-0.4, -0.2) is 37.7 Å². The van der Waals surface area contributed by atoms with Crippen LogP contribution < -0.4 is 10.1 Å². The molecule has 0 aromatic heterocycles. The highest BCUT2D eigenvalue weighted by Crippen LogP contribution is 2.34. The van der Waals surface area contributed by atoms with E-state index in [1.165, 1.54) is 31.5 Å². The first-order chi connectivity index (χ1) is 9.29. The average molecular weight is 260 g/mol. The van der Waals surface area contributed by atoms with Gasteiger partial charge in [0.05, 0.1) is 7.11 Å². The Hall–Kier alpha value is -1.06. The second-order valence-corrected chi connectivity index (χ2v) is 5.82. The first-order valence-electron chi connectivity index (χ1n) is 7.40. The van der Waals surface area contributed by atoms with Crippen LogP contribution in [0.5, 0.6) is 5.75 Å². The minimum atomic E-state index is 0.475. The van der Waals surface area contributed by atoms with Crippen LogP contribution in [0, 0.1) is 5.92 Å². The van der Waals surface area contributed by atoms with Crippen molar-refractivity contribution < 1.29 is 4.74 Å². The van der Waals surface area contributed by atoms with Crippen molar-refractivity contribution in [3.63, 3.8) is 0 Å². The second-order valence-electron chi connectivity index (χ2n) is 5.82. The summed E-state index contributed by atoms with van der Waals surface area (Å²) in [7, 11) is 1.74. The van der Waals surface area contributed by atoms with Gasteiger partial charge in [0.2, 0.25) is 0 Å². The molecule has 0 radical (unpaired) electrons. The molecule has 2 aliphatic heterocycles. The van der Waals surface area contributed by atoms with Crippen molar-refractivity contribution in [3.8, 4) is 5.75 Å². The Labute approximate surface area is 115 Å². The Kier molecular flexibility index (Phi) is 3.76. The summed E-state index contributed by atoms with van der Waals surface area (Å²) in [5.74, 6) is 1.81. The second kappa shape index (κ2) is 5.51. The molecule has 0 aliphatic carbocycles. The summed E-state index contributed by atoms with van der Waals surface area (Å²) in [5, 5.41) is 3.56. The lowest BCUT2D eigenvalue weighted by atomic mass is 9.89. The quantitative estimate of drug-likeness (QED) is 0.903. The van der Waals surface area contributed by atoms with Gasteiger partial charge in [0.25, 0.3) is 0 Å². The Morgan fingerprint density at radius 1 is 1.37 bits per heavy atom. The summed E-state index contributed by atoms with van der Waals surface area (Å²) >= 11 is 0. The highest BCUT2D eigenvalue weighted by Gasteiger charge is 2.37. The SMILES string of the molecule is COc1cccc(C(C)N2CCCC3CNCC32)c1. The number of ether oxygens (including phenoxy) is 1. The molecule has 104 valence electrons. The standard InChI is InChI=1S/C16H24N2O/c1-12(13-5-3-7-15(9-13)19-2)18-8-4-6-14-10-17-11-16(14)18/h3,5,7,9,12,14,16-17H,4,6,8,10-11H2,1-2H3. The summed E-state index contributed by atoms with van der Waals surface area (Å²) in [6.07, 6.45) is 2.72. The van der Waals surface area contributed by atoms with Gasteiger partial charge >= 0.3 is 0 Å². The number of fused-ring (bicyclic) bond motifs is 1. The number of piperidine rings is 1. The van der Waals surface area contributed by atoms with Gasteiger partial charge in [0.15, 0.2) is 0 Å². The van der Waals surface area contributed by atoms with Crippen LogP contribution in [0.3, 0.4) is 0 Å². The molecular weight excluding hydrogens is 236 g/mol. The van der Waals surface area contributed by atoms with Crippen molar-refractivity contribution in [2.24, 2.45) is 5.92 Å². The van der Waals surface area contributed by atoms with Gasteiger partial charge in [-0.3, -0.25) is 4.90 Å². The third-order valence-electron chi connectivity index (χ3n) is 4.80. The fraction of sp³-hybridized carbons (Fsp3) is 0.625. The monoisotopic (exact) mass is 260 g/mol. The van der Waals surface area contributed by atoms with Gasteiger partial charge in [-0.2, -0.15) is 0 Å². The molecule has 0 spiro atoms. The van der Waals surface area contributed by atoms with Crippen molar-refractivity contribution in [2.45, 2.75) is 31.8 Å². The lowest BCUT2D eigenvalue weighted by Gasteiger charge is -2.41. The predicted molar refractivity (Wildman–Crippen MR) is 77.5 cm³/mol. The van der Waals surface area contributed by atoms with Crippen molar-refractivity contribution in [2.75, 3.05) is 26.7 Å². The van der Waals surface area contributed by atoms with E-state index in [1.807, 2.05) is 6.07 Å². The van der Waals surface area contributed by atoms with E-state index < -0.39 is 0 Å². The summed E-state index contributed by atoms with van der Waals surface area (Å²) in [6.45, 7) is 5.90. The number of benzene rings is 1. The minimum Gasteiger partial charge on any atom is -0.497 e. The zero-order valence-electron chi connectivity index (χ0n) is 11.9. The van der Waals surface area contributed by atoms with Crippen molar-refractivity contribution >= 4 is 0 Å². The van der Waals surface area contributed by atoms with E-state index in [9.17, 15) is 0 Å². The van der Waals surface area contributed by atoms with E-state index >= 15 is 0 Å². The Balaban J connectivity index is 1.80. The zero-order valence-corrected chi connectivity index (χ0v) is 11.9. The molecule has 3 nitrogen and oxygen atoms in total. The number of rotatable bonds is 3. The van der Waals surface area contributed by atoms with Gasteiger partial charge in [-0.15, -0.1) is 0 Å². The predicted octanol–water partition coefficient (Wildman–Crippen LogP) is 2.44. The number of nitrogens with zero attached hydrogens (tertiary/aromatic N) is 1. The molecule has 2 fully saturated rings. The highest BCUT2D eigenvalue weighted by molar-refractivity contribution is 5.30. The molecule has 1 aromatic rings. The van der Waals surface area contributed by atoms with Gasteiger partial charge < -0.3 is 10.1 Å². The van der Waals surface area contributed by atoms with Gasteiger partial charge in [-0.05, 0) is 56.5 Å². The molecule has 0 saturated carbocycles. The van der Waals surface area contributed by atoms with Crippen LogP contribution in [0.15, 0.2) is 24.3 Å². The maximum atomic E-state index is 5.35. The minimum absolute atomic E-state index is 0.475. The largest absolute Gasteiger partial charge is 0.497 e. The molecule has 3 heteroatoms. The number of hydrogen-bond acceptors (Lipinski definition) is 3. The molecule has 19 heavy (non-hydrogen) atoms. The van der Waals surface area contributed by atoms with Crippen LogP contribution in [0.1, 0.15) is 31.4 Å². The van der Waals surface area contributed by atoms with Crippen LogP contribution in [-0.2, 0) is 0 Å². The van der Waals surface area contributed by atoms with Gasteiger partial charge in [-0.25, -0.2) is 0 Å². The molecule has 2 heterocycles. The molecule has 2 aliphatic rings. The van der Waals surface area contributed by atoms with Gasteiger partial charge in [0, 0.05) is 18.6 Å². The highest BCUT2D eigenvalue weighted by atomic mass is 16.5. The summed E-state index contributed by atoms with van der Waals surface area (Å²) in [6, 6.07) is 9.71. The number of likely N-dealkylation sites (tertiary alicyclic amines) is 1. The third kappa shape index (κ3) is 2.49. The zero-order chi connectivity index (χ0) is 13.2. The maximum absolute atomic E-state index is 5.35. The Bertz CT molecular complexity index is 435. The molecule has 3 atom stereocenters. The van der Waals surface area contributed by atoms with Crippen LogP contribution >= 0.6 is 0 Å². The van der Waals surface area contributed by atoms with Crippen LogP contribution in [0.2, 0.25) is 0 Å². The van der Waals surface area contributed by atoms with E-state index in [1.54, 1.807) is 7.11 Å². The summed E-state index contributed by atoms with van der Waals surface area (Å²) in [4.78, 5) is 2.68. The number of methoxy groups -OCH3 is 1. The Morgan fingerprint density at radius 2 is 2.26 bits per heavy atom. The number of nitrogens with one attached hydrogen (secondary N) is 1. The Morgan fingerprint density at radius 3 is 3.11 bits per heavy atom. The van der Waals surface area contributed by atoms with Gasteiger partial charge in [0.1, 0.15) is 5.75 Å². The topological polar surface area (TPSA) is 24.5 Å². The van der Waals surface area contributed by atoms with E-state index in [0.29, 0.717) is 6.04 Å². The molecule has 3 rings (SSSR count). The number of hydrogen-bond donors (Lipinski definition) is 1. The normalized spacial score (nSPS) is 28.9. The molecular formula is C16H24N2O. The molecule has 0 amide bonds. The lowest BCUT2D eigenvalue weighted by Crippen LogP contribution is -2.46. The van der Waals surface area contributed by atoms with E-state index in [0.717, 1.165) is 24.3 Å². The molecule has 1 aromatic carbocycles. The first kappa shape index (κ1) is 12.9. The fourth-order valence-corrected chi connectivity index (χ4v) is 3.68. The third-order valence-corrected chi connectivity index (χ3v) is 4.80. The van der Waals surface area contributed by atoms with Crippen LogP contribution in [0.4, 0.5) is 0 Å². The van der Waals surface area contributed by atoms with Crippen molar-refractivity contribution in [1.29, 1.82) is 0 Å². The van der Waals surface area contributed by atoms with Crippen molar-refractivity contribution in [3.05, 3.63) is 29.8 Å². The van der Waals surface area contributed by atoms with Crippen molar-refractivity contribution in [1.82, 2.24) is 10.2 Å². The summed E-state index contributed by atoms with van der Waals surface area (Å²) < 4.78 is 5.35. The fourth-order valence-electron chi connectivity index (χ4n) is 3.68. The maximum Gasteiger partial charge on any atom is 0.119 e. The van der Waals surface area contributed by atoms with Crippen LogP contribution in [0.25, 0.3) is 0 Å². The average Bonchev–Trinajstić information content (AvgIpc) is 2.95. The van der Waals surface area contributed by atoms with E-state index in [4.69, 9.17) is 4.74 Å². The molecule has 2 saturated heterocycles. The molecule has 0 bridgehead atoms. The van der Waals surface area contributed by atoms with Gasteiger partial charge in [-0.1, -0.05) is 12.1 Å². The molecule has 3 unspecified atom stereocenters. The molecule has 1 N–H and O–H groups in total. The summed E-state index contributed by atoms with van der Waals surface area (Å²) in [5.41, 5.74) is 1.37. The van der Waals surface area contributed by atoms with E-state index in [-0.39, 0.29) is 0 Å². The van der Waals surface area contributed by atoms with E-state index in [2.05, 4.69) is 35.3 Å². The smallest absolute Gasteiger partial charge is 0.119 e.